The molecule has 116 valence electrons. The Morgan fingerprint density at radius 2 is 1.87 bits per heavy atom. The van der Waals surface area contributed by atoms with Crippen molar-refractivity contribution in [1.82, 2.24) is 9.88 Å². The van der Waals surface area contributed by atoms with Crippen LogP contribution in [0.5, 0.6) is 0 Å². The van der Waals surface area contributed by atoms with Crippen molar-refractivity contribution in [2.75, 3.05) is 6.54 Å². The van der Waals surface area contributed by atoms with Crippen molar-refractivity contribution in [2.45, 2.75) is 18.9 Å². The summed E-state index contributed by atoms with van der Waals surface area (Å²) in [7, 11) is 0. The first kappa shape index (κ1) is 14.0. The van der Waals surface area contributed by atoms with Gasteiger partial charge < -0.3 is 10.4 Å². The lowest BCUT2D eigenvalue weighted by Gasteiger charge is -2.26. The van der Waals surface area contributed by atoms with Gasteiger partial charge in [0.05, 0.1) is 17.3 Å². The van der Waals surface area contributed by atoms with Crippen LogP contribution in [0.15, 0.2) is 54.6 Å². The number of hydrogen-bond donors (Lipinski definition) is 2. The van der Waals surface area contributed by atoms with Crippen LogP contribution in [-0.4, -0.2) is 22.3 Å². The highest BCUT2D eigenvalue weighted by Crippen LogP contribution is 2.34. The molecule has 1 atom stereocenters. The Labute approximate surface area is 134 Å². The van der Waals surface area contributed by atoms with Gasteiger partial charge in [-0.15, -0.1) is 0 Å². The molecule has 0 bridgehead atoms. The summed E-state index contributed by atoms with van der Waals surface area (Å²) in [5, 5.41) is 14.3. The molecule has 1 aliphatic heterocycles. The molecule has 1 aromatic heterocycles. The molecule has 4 heteroatoms. The molecule has 0 saturated heterocycles. The van der Waals surface area contributed by atoms with Gasteiger partial charge in [0.2, 0.25) is 0 Å². The molecule has 2 N–H and O–H groups in total. The van der Waals surface area contributed by atoms with E-state index in [1.165, 1.54) is 15.7 Å². The number of nitrogens with zero attached hydrogens (tertiary/aromatic N) is 1. The highest BCUT2D eigenvalue weighted by molar-refractivity contribution is 5.93. The summed E-state index contributed by atoms with van der Waals surface area (Å²) in [6.07, 6.45) is 0.739. The molecule has 1 aliphatic rings. The van der Waals surface area contributed by atoms with E-state index in [0.29, 0.717) is 0 Å². The second-order valence-electron chi connectivity index (χ2n) is 5.95. The lowest BCUT2D eigenvalue weighted by molar-refractivity contribution is 0.195. The van der Waals surface area contributed by atoms with Gasteiger partial charge in [-0.25, -0.2) is 9.36 Å². The third kappa shape index (κ3) is 2.32. The molecule has 0 fully saturated rings. The van der Waals surface area contributed by atoms with E-state index >= 15 is 0 Å². The number of carbonyl (C=O) groups is 1. The van der Waals surface area contributed by atoms with E-state index in [9.17, 15) is 9.90 Å². The Hall–Kier alpha value is -2.59. The van der Waals surface area contributed by atoms with Crippen LogP contribution in [0.4, 0.5) is 4.79 Å². The van der Waals surface area contributed by atoms with Crippen LogP contribution < -0.4 is 5.32 Å². The second-order valence-corrected chi connectivity index (χ2v) is 5.95. The zero-order chi connectivity index (χ0) is 15.8. The average molecular weight is 306 g/mol. The largest absolute Gasteiger partial charge is 0.464 e. The molecule has 4 rings (SSSR count). The fourth-order valence-electron chi connectivity index (χ4n) is 3.65. The Morgan fingerprint density at radius 1 is 1.13 bits per heavy atom. The summed E-state index contributed by atoms with van der Waals surface area (Å²) in [6, 6.07) is 18.0. The standard InChI is InChI=1S/C19H18N2O2/c22-19(23)21-17-9-5-4-8-14(17)15-10-11-20-16(18(15)21)12-13-6-2-1-3-7-13/h1-9,16,20H,10-12H2,(H,22,23). The molecule has 4 nitrogen and oxygen atoms in total. The molecule has 3 aromatic rings. The summed E-state index contributed by atoms with van der Waals surface area (Å²) >= 11 is 0. The Balaban J connectivity index is 1.88. The average Bonchev–Trinajstić information content (AvgIpc) is 2.92. The van der Waals surface area contributed by atoms with E-state index in [1.54, 1.807) is 0 Å². The van der Waals surface area contributed by atoms with E-state index in [0.717, 1.165) is 36.0 Å². The molecule has 2 heterocycles. The SMILES string of the molecule is O=C(O)n1c2c(c3ccccc31)CCNC2Cc1ccccc1. The fraction of sp³-hybridized carbons (Fsp3) is 0.211. The van der Waals surface area contributed by atoms with Gasteiger partial charge in [0.1, 0.15) is 0 Å². The number of fused-ring (bicyclic) bond motifs is 3. The minimum Gasteiger partial charge on any atom is -0.464 e. The number of rotatable bonds is 2. The maximum Gasteiger partial charge on any atom is 0.416 e. The molecule has 0 spiro atoms. The lowest BCUT2D eigenvalue weighted by atomic mass is 9.94. The molecule has 0 amide bonds. The van der Waals surface area contributed by atoms with Crippen LogP contribution in [0.25, 0.3) is 10.9 Å². The van der Waals surface area contributed by atoms with Crippen LogP contribution in [0.2, 0.25) is 0 Å². The third-order valence-electron chi connectivity index (χ3n) is 4.59. The maximum absolute atomic E-state index is 11.9. The first-order valence-corrected chi connectivity index (χ1v) is 7.88. The zero-order valence-corrected chi connectivity index (χ0v) is 12.7. The van der Waals surface area contributed by atoms with Crippen molar-refractivity contribution < 1.29 is 9.90 Å². The van der Waals surface area contributed by atoms with E-state index < -0.39 is 6.09 Å². The number of para-hydroxylation sites is 1. The van der Waals surface area contributed by atoms with Crippen molar-refractivity contribution in [1.29, 1.82) is 0 Å². The summed E-state index contributed by atoms with van der Waals surface area (Å²) in [4.78, 5) is 11.9. The van der Waals surface area contributed by atoms with E-state index in [-0.39, 0.29) is 6.04 Å². The monoisotopic (exact) mass is 306 g/mol. The van der Waals surface area contributed by atoms with Gasteiger partial charge in [0.15, 0.2) is 0 Å². The normalized spacial score (nSPS) is 17.1. The zero-order valence-electron chi connectivity index (χ0n) is 12.7. The molecular weight excluding hydrogens is 288 g/mol. The lowest BCUT2D eigenvalue weighted by Crippen LogP contribution is -2.33. The van der Waals surface area contributed by atoms with Crippen molar-refractivity contribution >= 4 is 17.0 Å². The molecule has 23 heavy (non-hydrogen) atoms. The van der Waals surface area contributed by atoms with Crippen molar-refractivity contribution in [2.24, 2.45) is 0 Å². The summed E-state index contributed by atoms with van der Waals surface area (Å²) < 4.78 is 1.46. The first-order valence-electron chi connectivity index (χ1n) is 7.88. The minimum absolute atomic E-state index is 0.0182. The van der Waals surface area contributed by atoms with Gasteiger partial charge in [-0.05, 0) is 36.6 Å². The van der Waals surface area contributed by atoms with E-state index in [4.69, 9.17) is 0 Å². The Bertz CT molecular complexity index is 868. The number of hydrogen-bond acceptors (Lipinski definition) is 2. The van der Waals surface area contributed by atoms with Gasteiger partial charge in [-0.1, -0.05) is 48.5 Å². The van der Waals surface area contributed by atoms with Gasteiger partial charge in [0.25, 0.3) is 0 Å². The first-order chi connectivity index (χ1) is 11.3. The highest BCUT2D eigenvalue weighted by Gasteiger charge is 2.29. The Kier molecular flexibility index (Phi) is 3.39. The molecule has 1 unspecified atom stereocenters. The van der Waals surface area contributed by atoms with Crippen molar-refractivity contribution in [3.8, 4) is 0 Å². The van der Waals surface area contributed by atoms with Crippen molar-refractivity contribution in [3.05, 3.63) is 71.4 Å². The van der Waals surface area contributed by atoms with E-state index in [2.05, 4.69) is 17.4 Å². The summed E-state index contributed by atoms with van der Waals surface area (Å²) in [5.74, 6) is 0. The molecule has 0 saturated carbocycles. The number of benzene rings is 2. The second kappa shape index (κ2) is 5.56. The number of aromatic nitrogens is 1. The Morgan fingerprint density at radius 3 is 2.65 bits per heavy atom. The van der Waals surface area contributed by atoms with Gasteiger partial charge >= 0.3 is 6.09 Å². The minimum atomic E-state index is -0.913. The highest BCUT2D eigenvalue weighted by atomic mass is 16.4. The molecular formula is C19H18N2O2. The predicted octanol–water partition coefficient (Wildman–Crippen LogP) is 3.60. The fourth-order valence-corrected chi connectivity index (χ4v) is 3.65. The van der Waals surface area contributed by atoms with Crippen LogP contribution in [0.3, 0.4) is 0 Å². The van der Waals surface area contributed by atoms with Crippen LogP contribution in [0, 0.1) is 0 Å². The van der Waals surface area contributed by atoms with Crippen LogP contribution in [-0.2, 0) is 12.8 Å². The van der Waals surface area contributed by atoms with E-state index in [1.807, 2.05) is 42.5 Å². The third-order valence-corrected chi connectivity index (χ3v) is 4.59. The summed E-state index contributed by atoms with van der Waals surface area (Å²) in [5.41, 5.74) is 4.06. The number of nitrogens with one attached hydrogen (secondary N) is 1. The van der Waals surface area contributed by atoms with Gasteiger partial charge in [-0.3, -0.25) is 0 Å². The molecule has 0 aliphatic carbocycles. The molecule has 2 aromatic carbocycles. The van der Waals surface area contributed by atoms with Gasteiger partial charge in [-0.2, -0.15) is 0 Å². The smallest absolute Gasteiger partial charge is 0.416 e. The quantitative estimate of drug-likeness (QED) is 0.760. The van der Waals surface area contributed by atoms with Gasteiger partial charge in [0, 0.05) is 5.39 Å². The molecule has 0 radical (unpaired) electrons. The predicted molar refractivity (Wildman–Crippen MR) is 90.0 cm³/mol. The van der Waals surface area contributed by atoms with Crippen LogP contribution >= 0.6 is 0 Å². The number of carboxylic acid groups (broad SMARTS) is 1. The summed E-state index contributed by atoms with van der Waals surface area (Å²) in [6.45, 7) is 0.873. The van der Waals surface area contributed by atoms with Crippen LogP contribution in [0.1, 0.15) is 22.9 Å². The maximum atomic E-state index is 11.9. The topological polar surface area (TPSA) is 54.3 Å². The van der Waals surface area contributed by atoms with Crippen molar-refractivity contribution in [3.63, 3.8) is 0 Å².